The smallest absolute Gasteiger partial charge is 0.239 e. The van der Waals surface area contributed by atoms with E-state index in [1.165, 1.54) is 0 Å². The van der Waals surface area contributed by atoms with Crippen molar-refractivity contribution in [3.63, 3.8) is 0 Å². The third-order valence-corrected chi connectivity index (χ3v) is 3.91. The molecule has 2 N–H and O–H groups in total. The van der Waals surface area contributed by atoms with Gasteiger partial charge >= 0.3 is 0 Å². The zero-order valence-electron chi connectivity index (χ0n) is 12.6. The predicted molar refractivity (Wildman–Crippen MR) is 75.4 cm³/mol. The Morgan fingerprint density at radius 3 is 2.53 bits per heavy atom. The van der Waals surface area contributed by atoms with Gasteiger partial charge in [0, 0.05) is 33.1 Å². The molecule has 110 valence electrons. The molecule has 0 aromatic rings. The number of rotatable bonds is 5. The van der Waals surface area contributed by atoms with Gasteiger partial charge < -0.3 is 15.5 Å². The van der Waals surface area contributed by atoms with Crippen LogP contribution in [0.5, 0.6) is 0 Å². The zero-order chi connectivity index (χ0) is 14.6. The highest BCUT2D eigenvalue weighted by molar-refractivity contribution is 5.82. The van der Waals surface area contributed by atoms with Crippen molar-refractivity contribution in [2.24, 2.45) is 17.6 Å². The van der Waals surface area contributed by atoms with Gasteiger partial charge in [-0.05, 0) is 25.2 Å². The number of nitrogens with zero attached hydrogens (tertiary/aromatic N) is 2. The summed E-state index contributed by atoms with van der Waals surface area (Å²) in [6.07, 6.45) is 0.959. The molecule has 1 aliphatic rings. The summed E-state index contributed by atoms with van der Waals surface area (Å²) in [6, 6.07) is -0.408. The number of carbonyl (C=O) groups excluding carboxylic acids is 2. The number of amides is 2. The van der Waals surface area contributed by atoms with Crippen molar-refractivity contribution in [3.8, 4) is 0 Å². The van der Waals surface area contributed by atoms with E-state index in [1.54, 1.807) is 6.92 Å². The van der Waals surface area contributed by atoms with Gasteiger partial charge in [0.2, 0.25) is 11.8 Å². The molecule has 1 fully saturated rings. The van der Waals surface area contributed by atoms with Crippen LogP contribution in [0.25, 0.3) is 0 Å². The third-order valence-electron chi connectivity index (χ3n) is 3.91. The summed E-state index contributed by atoms with van der Waals surface area (Å²) in [5.74, 6) is 0.692. The van der Waals surface area contributed by atoms with Crippen molar-refractivity contribution in [2.75, 3.05) is 26.2 Å². The van der Waals surface area contributed by atoms with Crippen LogP contribution < -0.4 is 5.73 Å². The van der Waals surface area contributed by atoms with Crippen molar-refractivity contribution < 1.29 is 9.59 Å². The van der Waals surface area contributed by atoms with Gasteiger partial charge in [-0.15, -0.1) is 0 Å². The summed E-state index contributed by atoms with van der Waals surface area (Å²) in [6.45, 7) is 10.5. The minimum atomic E-state index is -0.408. The fraction of sp³-hybridized carbons (Fsp3) is 0.857. The van der Waals surface area contributed by atoms with Gasteiger partial charge in [-0.2, -0.15) is 0 Å². The summed E-state index contributed by atoms with van der Waals surface area (Å²) in [5.41, 5.74) is 5.91. The second-order valence-corrected chi connectivity index (χ2v) is 5.77. The Hall–Kier alpha value is -1.10. The Labute approximate surface area is 116 Å². The first-order valence-electron chi connectivity index (χ1n) is 7.16. The average Bonchev–Trinajstić information content (AvgIpc) is 2.82. The van der Waals surface area contributed by atoms with E-state index in [0.717, 1.165) is 32.6 Å². The van der Waals surface area contributed by atoms with Crippen LogP contribution >= 0.6 is 0 Å². The molecular formula is C14H27N3O2. The molecule has 5 heteroatoms. The molecule has 0 aromatic heterocycles. The van der Waals surface area contributed by atoms with Crippen LogP contribution in [0.15, 0.2) is 0 Å². The molecule has 5 nitrogen and oxygen atoms in total. The highest BCUT2D eigenvalue weighted by Crippen LogP contribution is 2.19. The molecule has 0 bridgehead atoms. The summed E-state index contributed by atoms with van der Waals surface area (Å²) in [7, 11) is 0. The van der Waals surface area contributed by atoms with E-state index in [1.807, 2.05) is 30.6 Å². The fourth-order valence-corrected chi connectivity index (χ4v) is 2.47. The van der Waals surface area contributed by atoms with Gasteiger partial charge in [0.25, 0.3) is 0 Å². The molecule has 1 aliphatic heterocycles. The molecule has 0 aromatic carbocycles. The average molecular weight is 269 g/mol. The summed E-state index contributed by atoms with van der Waals surface area (Å²) in [4.78, 5) is 27.2. The number of hydrogen-bond acceptors (Lipinski definition) is 3. The van der Waals surface area contributed by atoms with Crippen LogP contribution in [0.2, 0.25) is 0 Å². The Morgan fingerprint density at radius 2 is 2.05 bits per heavy atom. The second kappa shape index (κ2) is 6.89. The minimum absolute atomic E-state index is 0.0448. The zero-order valence-corrected chi connectivity index (χ0v) is 12.6. The number of carbonyl (C=O) groups is 2. The molecule has 1 saturated heterocycles. The third kappa shape index (κ3) is 4.20. The van der Waals surface area contributed by atoms with Crippen molar-refractivity contribution >= 4 is 11.8 Å². The molecule has 0 spiro atoms. The predicted octanol–water partition coefficient (Wildman–Crippen LogP) is 0.687. The van der Waals surface area contributed by atoms with E-state index in [0.29, 0.717) is 5.92 Å². The van der Waals surface area contributed by atoms with E-state index in [9.17, 15) is 9.59 Å². The number of likely N-dealkylation sites (tertiary alicyclic amines) is 1. The molecule has 19 heavy (non-hydrogen) atoms. The van der Waals surface area contributed by atoms with E-state index >= 15 is 0 Å². The SMILES string of the molecule is CCN(C[C@H]1CCN(C(=O)[C@@H](N)C(C)C)C1)C(C)=O. The van der Waals surface area contributed by atoms with Crippen molar-refractivity contribution in [2.45, 2.75) is 40.2 Å². The van der Waals surface area contributed by atoms with E-state index in [4.69, 9.17) is 5.73 Å². The van der Waals surface area contributed by atoms with E-state index in [-0.39, 0.29) is 17.7 Å². The first-order chi connectivity index (χ1) is 8.86. The van der Waals surface area contributed by atoms with Gasteiger partial charge in [-0.3, -0.25) is 9.59 Å². The monoisotopic (exact) mass is 269 g/mol. The molecule has 1 heterocycles. The van der Waals surface area contributed by atoms with Crippen LogP contribution in [-0.4, -0.2) is 53.8 Å². The van der Waals surface area contributed by atoms with E-state index < -0.39 is 6.04 Å². The lowest BCUT2D eigenvalue weighted by Crippen LogP contribution is -2.46. The molecule has 0 aliphatic carbocycles. The van der Waals surface area contributed by atoms with Gasteiger partial charge in [0.1, 0.15) is 0 Å². The van der Waals surface area contributed by atoms with Crippen LogP contribution in [0.3, 0.4) is 0 Å². The fourth-order valence-electron chi connectivity index (χ4n) is 2.47. The molecule has 0 unspecified atom stereocenters. The van der Waals surface area contributed by atoms with Gasteiger partial charge in [-0.25, -0.2) is 0 Å². The Kier molecular flexibility index (Phi) is 5.79. The summed E-state index contributed by atoms with van der Waals surface area (Å²) >= 11 is 0. The minimum Gasteiger partial charge on any atom is -0.343 e. The standard InChI is InChI=1S/C14H27N3O2/c1-5-16(11(4)18)8-12-6-7-17(9-12)14(19)13(15)10(2)3/h10,12-13H,5-9,15H2,1-4H3/t12-,13+/m1/s1. The molecular weight excluding hydrogens is 242 g/mol. The number of hydrogen-bond donors (Lipinski definition) is 1. The molecule has 2 atom stereocenters. The van der Waals surface area contributed by atoms with Gasteiger partial charge in [0.05, 0.1) is 6.04 Å². The lowest BCUT2D eigenvalue weighted by Gasteiger charge is -2.25. The molecule has 1 rings (SSSR count). The summed E-state index contributed by atoms with van der Waals surface area (Å²) < 4.78 is 0. The van der Waals surface area contributed by atoms with Crippen molar-refractivity contribution in [1.82, 2.24) is 9.80 Å². The first kappa shape index (κ1) is 16.0. The summed E-state index contributed by atoms with van der Waals surface area (Å²) in [5, 5.41) is 0. The topological polar surface area (TPSA) is 66.6 Å². The highest BCUT2D eigenvalue weighted by Gasteiger charge is 2.31. The van der Waals surface area contributed by atoms with Crippen molar-refractivity contribution in [1.29, 1.82) is 0 Å². The van der Waals surface area contributed by atoms with Crippen LogP contribution in [0.4, 0.5) is 0 Å². The lowest BCUT2D eigenvalue weighted by atomic mass is 10.0. The van der Waals surface area contributed by atoms with Crippen LogP contribution in [0, 0.1) is 11.8 Å². The second-order valence-electron chi connectivity index (χ2n) is 5.77. The maximum absolute atomic E-state index is 12.1. The lowest BCUT2D eigenvalue weighted by molar-refractivity contribution is -0.132. The van der Waals surface area contributed by atoms with Crippen molar-refractivity contribution in [3.05, 3.63) is 0 Å². The highest BCUT2D eigenvalue weighted by atomic mass is 16.2. The number of nitrogens with two attached hydrogens (primary N) is 1. The Morgan fingerprint density at radius 1 is 1.42 bits per heavy atom. The Balaban J connectivity index is 2.49. The largest absolute Gasteiger partial charge is 0.343 e. The van der Waals surface area contributed by atoms with Crippen LogP contribution in [0.1, 0.15) is 34.1 Å². The normalized spacial score (nSPS) is 20.7. The molecule has 2 amide bonds. The van der Waals surface area contributed by atoms with Gasteiger partial charge in [0.15, 0.2) is 0 Å². The Bertz CT molecular complexity index is 331. The van der Waals surface area contributed by atoms with Crippen LogP contribution in [-0.2, 0) is 9.59 Å². The van der Waals surface area contributed by atoms with Gasteiger partial charge in [-0.1, -0.05) is 13.8 Å². The maximum Gasteiger partial charge on any atom is 0.239 e. The quantitative estimate of drug-likeness (QED) is 0.798. The van der Waals surface area contributed by atoms with E-state index in [2.05, 4.69) is 0 Å². The first-order valence-corrected chi connectivity index (χ1v) is 7.16. The molecule has 0 saturated carbocycles. The maximum atomic E-state index is 12.1. The molecule has 0 radical (unpaired) electrons.